The predicted molar refractivity (Wildman–Crippen MR) is 119 cm³/mol. The van der Waals surface area contributed by atoms with E-state index in [0.29, 0.717) is 12.6 Å². The smallest absolute Gasteiger partial charge is 0.227 e. The second-order valence-corrected chi connectivity index (χ2v) is 7.14. The van der Waals surface area contributed by atoms with E-state index in [9.17, 15) is 0 Å². The number of anilines is 3. The summed E-state index contributed by atoms with van der Waals surface area (Å²) in [4.78, 5) is 18.0. The number of hydrogen-bond acceptors (Lipinski definition) is 7. The van der Waals surface area contributed by atoms with E-state index in [1.54, 1.807) is 6.33 Å². The van der Waals surface area contributed by atoms with Crippen molar-refractivity contribution in [1.29, 1.82) is 0 Å². The van der Waals surface area contributed by atoms with Gasteiger partial charge in [-0.15, -0.1) is 0 Å². The molecule has 0 spiro atoms. The van der Waals surface area contributed by atoms with E-state index >= 15 is 0 Å². The Morgan fingerprint density at radius 3 is 2.93 bits per heavy atom. The third kappa shape index (κ3) is 3.87. The van der Waals surface area contributed by atoms with Crippen LogP contribution in [0.15, 0.2) is 61.1 Å². The number of ether oxygens (including phenoxy) is 1. The van der Waals surface area contributed by atoms with Crippen molar-refractivity contribution >= 4 is 39.3 Å². The maximum absolute atomic E-state index is 6.02. The normalized spacial score (nSPS) is 14.7. The van der Waals surface area contributed by atoms with Gasteiger partial charge in [-0.3, -0.25) is 0 Å². The molecule has 0 fully saturated rings. The Morgan fingerprint density at radius 1 is 0.967 bits per heavy atom. The zero-order valence-corrected chi connectivity index (χ0v) is 16.5. The molecular weight excluding hydrogens is 376 g/mol. The van der Waals surface area contributed by atoms with Gasteiger partial charge in [0.15, 0.2) is 0 Å². The SMILES string of the molecule is C1=CCCNc2ncnc3ccc(cc23)Nc2ncc3cccc(c3n2)OCCC1. The maximum Gasteiger partial charge on any atom is 0.227 e. The zero-order valence-electron chi connectivity index (χ0n) is 16.5. The second kappa shape index (κ2) is 8.32. The van der Waals surface area contributed by atoms with E-state index in [0.717, 1.165) is 64.9 Å². The molecule has 0 unspecified atom stereocenters. The molecule has 0 saturated heterocycles. The first-order valence-electron chi connectivity index (χ1n) is 10.2. The Balaban J connectivity index is 1.56. The van der Waals surface area contributed by atoms with E-state index < -0.39 is 0 Å². The molecule has 5 rings (SSSR count). The van der Waals surface area contributed by atoms with Gasteiger partial charge in [-0.05, 0) is 43.5 Å². The molecule has 150 valence electrons. The molecule has 4 aromatic rings. The molecule has 0 aliphatic carbocycles. The van der Waals surface area contributed by atoms with Crippen LogP contribution >= 0.6 is 0 Å². The lowest BCUT2D eigenvalue weighted by Gasteiger charge is -2.12. The van der Waals surface area contributed by atoms with Gasteiger partial charge in [-0.2, -0.15) is 0 Å². The Kier molecular flexibility index (Phi) is 5.08. The number of rotatable bonds is 0. The Morgan fingerprint density at radius 2 is 1.93 bits per heavy atom. The summed E-state index contributed by atoms with van der Waals surface area (Å²) >= 11 is 0. The van der Waals surface area contributed by atoms with Crippen LogP contribution in [0.5, 0.6) is 5.75 Å². The van der Waals surface area contributed by atoms with Crippen LogP contribution < -0.4 is 15.4 Å². The summed E-state index contributed by atoms with van der Waals surface area (Å²) < 4.78 is 6.02. The average molecular weight is 398 g/mol. The quantitative estimate of drug-likeness (QED) is 0.410. The van der Waals surface area contributed by atoms with Crippen LogP contribution in [-0.4, -0.2) is 33.1 Å². The van der Waals surface area contributed by atoms with Gasteiger partial charge in [0.25, 0.3) is 0 Å². The van der Waals surface area contributed by atoms with Crippen LogP contribution in [0.25, 0.3) is 21.8 Å². The van der Waals surface area contributed by atoms with Crippen LogP contribution in [0, 0.1) is 0 Å². The number of allylic oxidation sites excluding steroid dienone is 1. The molecule has 7 heteroatoms. The average Bonchev–Trinajstić information content (AvgIpc) is 2.78. The van der Waals surface area contributed by atoms with Crippen molar-refractivity contribution < 1.29 is 4.74 Å². The number of nitrogens with zero attached hydrogens (tertiary/aromatic N) is 4. The highest BCUT2D eigenvalue weighted by molar-refractivity contribution is 5.92. The van der Waals surface area contributed by atoms with E-state index in [1.807, 2.05) is 42.6 Å². The molecule has 3 heterocycles. The van der Waals surface area contributed by atoms with Crippen LogP contribution in [-0.2, 0) is 0 Å². The summed E-state index contributed by atoms with van der Waals surface area (Å²) in [5, 5.41) is 8.63. The summed E-state index contributed by atoms with van der Waals surface area (Å²) in [5.74, 6) is 2.13. The van der Waals surface area contributed by atoms with Crippen molar-refractivity contribution in [2.24, 2.45) is 0 Å². The van der Waals surface area contributed by atoms with Crippen molar-refractivity contribution in [1.82, 2.24) is 19.9 Å². The van der Waals surface area contributed by atoms with Gasteiger partial charge in [0.2, 0.25) is 5.95 Å². The zero-order chi connectivity index (χ0) is 20.2. The Hall–Kier alpha value is -3.74. The Labute approximate surface area is 174 Å². The van der Waals surface area contributed by atoms with E-state index in [4.69, 9.17) is 9.72 Å². The summed E-state index contributed by atoms with van der Waals surface area (Å²) in [6.45, 7) is 1.46. The van der Waals surface area contributed by atoms with Gasteiger partial charge >= 0.3 is 0 Å². The largest absolute Gasteiger partial charge is 0.491 e. The fourth-order valence-corrected chi connectivity index (χ4v) is 3.50. The van der Waals surface area contributed by atoms with Gasteiger partial charge in [-0.1, -0.05) is 24.3 Å². The van der Waals surface area contributed by atoms with Crippen molar-refractivity contribution in [2.75, 3.05) is 23.8 Å². The highest BCUT2D eigenvalue weighted by atomic mass is 16.5. The number of hydrogen-bond donors (Lipinski definition) is 2. The predicted octanol–water partition coefficient (Wildman–Crippen LogP) is 4.85. The topological polar surface area (TPSA) is 84.9 Å². The van der Waals surface area contributed by atoms with E-state index in [-0.39, 0.29) is 0 Å². The lowest BCUT2D eigenvalue weighted by atomic mass is 10.2. The van der Waals surface area contributed by atoms with Crippen molar-refractivity contribution in [2.45, 2.75) is 19.3 Å². The molecule has 7 nitrogen and oxygen atoms in total. The summed E-state index contributed by atoms with van der Waals surface area (Å²) in [7, 11) is 0. The minimum absolute atomic E-state index is 0.522. The number of aromatic nitrogens is 4. The third-order valence-corrected chi connectivity index (χ3v) is 5.01. The first-order valence-corrected chi connectivity index (χ1v) is 10.2. The van der Waals surface area contributed by atoms with Crippen LogP contribution in [0.1, 0.15) is 19.3 Å². The molecule has 0 saturated carbocycles. The van der Waals surface area contributed by atoms with Crippen molar-refractivity contribution in [3.63, 3.8) is 0 Å². The van der Waals surface area contributed by atoms with Gasteiger partial charge in [0, 0.05) is 29.2 Å². The molecule has 0 radical (unpaired) electrons. The minimum atomic E-state index is 0.522. The highest BCUT2D eigenvalue weighted by Gasteiger charge is 2.09. The number of benzene rings is 2. The second-order valence-electron chi connectivity index (χ2n) is 7.14. The summed E-state index contributed by atoms with van der Waals surface area (Å²) in [6, 6.07) is 11.9. The lowest BCUT2D eigenvalue weighted by Crippen LogP contribution is -2.04. The lowest BCUT2D eigenvalue weighted by molar-refractivity contribution is 0.315. The molecule has 1 aliphatic rings. The maximum atomic E-state index is 6.02. The molecule has 2 aromatic heterocycles. The summed E-state index contributed by atoms with van der Waals surface area (Å²) in [5.41, 5.74) is 2.57. The van der Waals surface area contributed by atoms with Gasteiger partial charge in [-0.25, -0.2) is 19.9 Å². The minimum Gasteiger partial charge on any atom is -0.491 e. The number of fused-ring (bicyclic) bond motifs is 2. The first-order chi connectivity index (χ1) is 14.9. The number of nitrogens with one attached hydrogen (secondary N) is 2. The van der Waals surface area contributed by atoms with E-state index in [1.165, 1.54) is 0 Å². The Bertz CT molecular complexity index is 1220. The highest BCUT2D eigenvalue weighted by Crippen LogP contribution is 2.27. The molecule has 0 amide bonds. The number of para-hydroxylation sites is 1. The summed E-state index contributed by atoms with van der Waals surface area (Å²) in [6.07, 6.45) is 10.7. The van der Waals surface area contributed by atoms with Crippen LogP contribution in [0.4, 0.5) is 17.5 Å². The van der Waals surface area contributed by atoms with Crippen molar-refractivity contribution in [3.8, 4) is 5.75 Å². The van der Waals surface area contributed by atoms with Gasteiger partial charge in [0.05, 0.1) is 12.1 Å². The molecule has 2 aromatic carbocycles. The van der Waals surface area contributed by atoms with Gasteiger partial charge < -0.3 is 15.4 Å². The molecule has 1 aliphatic heterocycles. The van der Waals surface area contributed by atoms with E-state index in [2.05, 4.69) is 37.7 Å². The van der Waals surface area contributed by atoms with Crippen LogP contribution in [0.2, 0.25) is 0 Å². The van der Waals surface area contributed by atoms with Gasteiger partial charge in [0.1, 0.15) is 23.4 Å². The fraction of sp³-hybridized carbons (Fsp3) is 0.217. The molecular formula is C23H22N6O. The van der Waals surface area contributed by atoms with Crippen molar-refractivity contribution in [3.05, 3.63) is 61.1 Å². The molecule has 2 N–H and O–H groups in total. The standard InChI is InChI=1S/C23H22N6O/c1-2-4-11-24-22-18-13-17(9-10-19(18)26-15-27-22)28-23-25-14-16-7-6-8-20(21(16)29-23)30-12-5-3-1/h1-2,6-10,13-15H,3-5,11-12H2,(H,24,26,27)(H,25,28,29). The van der Waals surface area contributed by atoms with Crippen LogP contribution in [0.3, 0.4) is 0 Å². The monoisotopic (exact) mass is 398 g/mol. The first kappa shape index (κ1) is 18.3. The molecule has 0 atom stereocenters. The molecule has 4 bridgehead atoms. The third-order valence-electron chi connectivity index (χ3n) is 5.01. The molecule has 30 heavy (non-hydrogen) atoms. The fourth-order valence-electron chi connectivity index (χ4n) is 3.50.